The predicted molar refractivity (Wildman–Crippen MR) is 123 cm³/mol. The minimum absolute atomic E-state index is 0.0823. The zero-order chi connectivity index (χ0) is 23.4. The van der Waals surface area contributed by atoms with E-state index in [1.165, 1.54) is 35.7 Å². The van der Waals surface area contributed by atoms with Crippen LogP contribution in [-0.4, -0.2) is 80.9 Å². The Balaban J connectivity index is 1.43. The first-order valence-electron chi connectivity index (χ1n) is 11.8. The molecule has 1 amide bonds. The first-order valence-corrected chi connectivity index (χ1v) is 13.2. The Labute approximate surface area is 194 Å². The van der Waals surface area contributed by atoms with Crippen molar-refractivity contribution >= 4 is 27.3 Å². The van der Waals surface area contributed by atoms with Crippen LogP contribution in [0.4, 0.5) is 11.4 Å². The Morgan fingerprint density at radius 2 is 1.70 bits per heavy atom. The van der Waals surface area contributed by atoms with Crippen LogP contribution in [0.1, 0.15) is 38.5 Å². The molecule has 2 saturated heterocycles. The largest absolute Gasteiger partial charge is 0.379 e. The van der Waals surface area contributed by atoms with E-state index in [-0.39, 0.29) is 29.6 Å². The van der Waals surface area contributed by atoms with Crippen molar-refractivity contribution in [1.29, 1.82) is 0 Å². The van der Waals surface area contributed by atoms with Crippen molar-refractivity contribution in [2.75, 3.05) is 57.4 Å². The van der Waals surface area contributed by atoms with Crippen LogP contribution < -0.4 is 4.90 Å². The molecule has 2 aliphatic heterocycles. The third-order valence-corrected chi connectivity index (χ3v) is 8.81. The summed E-state index contributed by atoms with van der Waals surface area (Å²) in [5, 5.41) is 11.8. The van der Waals surface area contributed by atoms with Gasteiger partial charge in [-0.3, -0.25) is 14.9 Å². The molecule has 1 aromatic rings. The Bertz CT molecular complexity index is 965. The van der Waals surface area contributed by atoms with Crippen LogP contribution in [0, 0.1) is 16.0 Å². The SMILES string of the molecule is O=C(CC1CCCCC1)N1CCN(c2ccc(S(=O)(=O)N3CCOCC3)cc2[N+](=O)[O-])CC1. The van der Waals surface area contributed by atoms with Gasteiger partial charge in [0.2, 0.25) is 15.9 Å². The van der Waals surface area contributed by atoms with Crippen molar-refractivity contribution in [1.82, 2.24) is 9.21 Å². The summed E-state index contributed by atoms with van der Waals surface area (Å²) in [5.74, 6) is 0.648. The van der Waals surface area contributed by atoms with E-state index in [9.17, 15) is 23.3 Å². The van der Waals surface area contributed by atoms with Gasteiger partial charge in [-0.2, -0.15) is 4.31 Å². The minimum Gasteiger partial charge on any atom is -0.379 e. The first kappa shape index (κ1) is 23.9. The molecule has 1 saturated carbocycles. The van der Waals surface area contributed by atoms with Crippen LogP contribution in [-0.2, 0) is 19.6 Å². The molecule has 1 aliphatic carbocycles. The highest BCUT2D eigenvalue weighted by Gasteiger charge is 2.31. The summed E-state index contributed by atoms with van der Waals surface area (Å²) in [6.07, 6.45) is 6.50. The van der Waals surface area contributed by atoms with Gasteiger partial charge >= 0.3 is 0 Å². The number of rotatable bonds is 6. The molecule has 0 spiro atoms. The zero-order valence-corrected chi connectivity index (χ0v) is 19.7. The van der Waals surface area contributed by atoms with E-state index in [0.717, 1.165) is 18.9 Å². The molecule has 182 valence electrons. The van der Waals surface area contributed by atoms with E-state index in [0.29, 0.717) is 57.4 Å². The minimum atomic E-state index is -3.82. The number of carbonyl (C=O) groups is 1. The third-order valence-electron chi connectivity index (χ3n) is 6.91. The summed E-state index contributed by atoms with van der Waals surface area (Å²) in [5.41, 5.74) is 0.159. The highest BCUT2D eigenvalue weighted by atomic mass is 32.2. The number of morpholine rings is 1. The molecule has 33 heavy (non-hydrogen) atoms. The molecule has 3 aliphatic rings. The number of anilines is 1. The molecule has 10 nitrogen and oxygen atoms in total. The second-order valence-corrected chi connectivity index (χ2v) is 10.9. The van der Waals surface area contributed by atoms with Gasteiger partial charge in [0.05, 0.1) is 23.0 Å². The quantitative estimate of drug-likeness (QED) is 0.453. The van der Waals surface area contributed by atoms with Crippen molar-refractivity contribution in [3.8, 4) is 0 Å². The topological polar surface area (TPSA) is 113 Å². The number of benzene rings is 1. The number of hydrogen-bond acceptors (Lipinski definition) is 7. The smallest absolute Gasteiger partial charge is 0.293 e. The van der Waals surface area contributed by atoms with E-state index in [1.54, 1.807) is 0 Å². The molecule has 3 fully saturated rings. The number of amides is 1. The lowest BCUT2D eigenvalue weighted by Gasteiger charge is -2.36. The van der Waals surface area contributed by atoms with Crippen molar-refractivity contribution in [2.45, 2.75) is 43.4 Å². The molecule has 0 unspecified atom stereocenters. The highest BCUT2D eigenvalue weighted by molar-refractivity contribution is 7.89. The maximum absolute atomic E-state index is 12.9. The van der Waals surface area contributed by atoms with Crippen molar-refractivity contribution < 1.29 is 22.9 Å². The summed E-state index contributed by atoms with van der Waals surface area (Å²) in [7, 11) is -3.82. The maximum Gasteiger partial charge on any atom is 0.293 e. The lowest BCUT2D eigenvalue weighted by Crippen LogP contribution is -2.49. The summed E-state index contributed by atoms with van der Waals surface area (Å²) >= 11 is 0. The monoisotopic (exact) mass is 480 g/mol. The molecule has 4 rings (SSSR count). The second kappa shape index (κ2) is 10.4. The van der Waals surface area contributed by atoms with Crippen LogP contribution in [0.2, 0.25) is 0 Å². The average molecular weight is 481 g/mol. The highest BCUT2D eigenvalue weighted by Crippen LogP contribution is 2.33. The van der Waals surface area contributed by atoms with Gasteiger partial charge in [-0.25, -0.2) is 8.42 Å². The predicted octanol–water partition coefficient (Wildman–Crippen LogP) is 2.23. The van der Waals surface area contributed by atoms with E-state index in [1.807, 2.05) is 9.80 Å². The second-order valence-electron chi connectivity index (χ2n) is 9.00. The van der Waals surface area contributed by atoms with Gasteiger partial charge in [0.15, 0.2) is 0 Å². The molecule has 0 N–H and O–H groups in total. The molecule has 0 bridgehead atoms. The van der Waals surface area contributed by atoms with Crippen LogP contribution in [0.15, 0.2) is 23.1 Å². The Morgan fingerprint density at radius 1 is 1.03 bits per heavy atom. The number of carbonyl (C=O) groups excluding carboxylic acids is 1. The molecular formula is C22H32N4O6S. The van der Waals surface area contributed by atoms with Crippen molar-refractivity contribution in [2.24, 2.45) is 5.92 Å². The van der Waals surface area contributed by atoms with Crippen LogP contribution in [0.3, 0.4) is 0 Å². The number of piperazine rings is 1. The van der Waals surface area contributed by atoms with Gasteiger partial charge in [-0.05, 0) is 30.9 Å². The molecular weight excluding hydrogens is 448 g/mol. The van der Waals surface area contributed by atoms with Gasteiger partial charge in [0, 0.05) is 51.8 Å². The van der Waals surface area contributed by atoms with Crippen molar-refractivity contribution in [3.05, 3.63) is 28.3 Å². The van der Waals surface area contributed by atoms with Crippen LogP contribution >= 0.6 is 0 Å². The molecule has 2 heterocycles. The van der Waals surface area contributed by atoms with Gasteiger partial charge < -0.3 is 14.5 Å². The molecule has 0 radical (unpaired) electrons. The average Bonchev–Trinajstić information content (AvgIpc) is 2.85. The molecule has 11 heteroatoms. The Kier molecular flexibility index (Phi) is 7.50. The number of nitro benzene ring substituents is 1. The zero-order valence-electron chi connectivity index (χ0n) is 18.9. The van der Waals surface area contributed by atoms with Gasteiger partial charge in [-0.15, -0.1) is 0 Å². The lowest BCUT2D eigenvalue weighted by atomic mass is 9.86. The number of nitrogens with zero attached hydrogens (tertiary/aromatic N) is 4. The van der Waals surface area contributed by atoms with Crippen LogP contribution in [0.5, 0.6) is 0 Å². The first-order chi connectivity index (χ1) is 15.9. The number of hydrogen-bond donors (Lipinski definition) is 0. The summed E-state index contributed by atoms with van der Waals surface area (Å²) < 4.78 is 32.3. The normalized spacial score (nSPS) is 21.2. The van der Waals surface area contributed by atoms with Crippen LogP contribution in [0.25, 0.3) is 0 Å². The van der Waals surface area contributed by atoms with Crippen molar-refractivity contribution in [3.63, 3.8) is 0 Å². The lowest BCUT2D eigenvalue weighted by molar-refractivity contribution is -0.384. The fourth-order valence-electron chi connectivity index (χ4n) is 4.98. The molecule has 0 atom stereocenters. The summed E-state index contributed by atoms with van der Waals surface area (Å²) in [6.45, 7) is 3.06. The van der Waals surface area contributed by atoms with Gasteiger partial charge in [-0.1, -0.05) is 19.3 Å². The van der Waals surface area contributed by atoms with E-state index in [4.69, 9.17) is 4.74 Å². The van der Waals surface area contributed by atoms with Gasteiger partial charge in [0.25, 0.3) is 5.69 Å². The molecule has 1 aromatic carbocycles. The molecule has 0 aromatic heterocycles. The fraction of sp³-hybridized carbons (Fsp3) is 0.682. The standard InChI is InChI=1S/C22H32N4O6S/c27-22(16-18-4-2-1-3-5-18)24-10-8-23(9-11-24)20-7-6-19(17-21(20)26(28)29)33(30,31)25-12-14-32-15-13-25/h6-7,17-18H,1-5,8-16H2. The van der Waals surface area contributed by atoms with Gasteiger partial charge in [0.1, 0.15) is 5.69 Å². The third kappa shape index (κ3) is 5.47. The van der Waals surface area contributed by atoms with E-state index >= 15 is 0 Å². The fourth-order valence-corrected chi connectivity index (χ4v) is 6.41. The number of sulfonamides is 1. The maximum atomic E-state index is 12.9. The summed E-state index contributed by atoms with van der Waals surface area (Å²) in [6, 6.07) is 4.11. The summed E-state index contributed by atoms with van der Waals surface area (Å²) in [4.78, 5) is 27.6. The number of nitro groups is 1. The Hall–Kier alpha value is -2.24. The Morgan fingerprint density at radius 3 is 2.33 bits per heavy atom. The number of ether oxygens (including phenoxy) is 1. The van der Waals surface area contributed by atoms with E-state index in [2.05, 4.69) is 0 Å². The van der Waals surface area contributed by atoms with E-state index < -0.39 is 14.9 Å².